The van der Waals surface area contributed by atoms with E-state index in [1.807, 2.05) is 0 Å². The van der Waals surface area contributed by atoms with E-state index in [1.54, 1.807) is 6.20 Å². The van der Waals surface area contributed by atoms with Gasteiger partial charge in [0.25, 0.3) is 5.69 Å². The summed E-state index contributed by atoms with van der Waals surface area (Å²) in [5, 5.41) is 21.7. The fourth-order valence-electron chi connectivity index (χ4n) is 1.82. The van der Waals surface area contributed by atoms with Crippen LogP contribution in [0.5, 0.6) is 0 Å². The van der Waals surface area contributed by atoms with Crippen LogP contribution in [-0.4, -0.2) is 26.0 Å². The topological polar surface area (TPSA) is 85.9 Å². The Hall–Kier alpha value is -2.35. The molecule has 0 spiro atoms. The summed E-state index contributed by atoms with van der Waals surface area (Å²) in [6, 6.07) is 3.85. The van der Waals surface area contributed by atoms with Gasteiger partial charge in [-0.05, 0) is 18.9 Å². The summed E-state index contributed by atoms with van der Waals surface area (Å²) in [6.07, 6.45) is 3.89. The highest BCUT2D eigenvalue weighted by atomic mass is 19.1. The van der Waals surface area contributed by atoms with Crippen molar-refractivity contribution in [2.75, 3.05) is 0 Å². The highest BCUT2D eigenvalue weighted by molar-refractivity contribution is 5.43. The van der Waals surface area contributed by atoms with Crippen molar-refractivity contribution in [2.24, 2.45) is 0 Å². The molecule has 0 aliphatic heterocycles. The van der Waals surface area contributed by atoms with Crippen LogP contribution in [0.1, 0.15) is 18.5 Å². The van der Waals surface area contributed by atoms with Gasteiger partial charge in [-0.15, -0.1) is 5.10 Å². The van der Waals surface area contributed by atoms with Crippen LogP contribution in [0.15, 0.2) is 24.4 Å². The summed E-state index contributed by atoms with van der Waals surface area (Å²) in [7, 11) is 0. The fourth-order valence-corrected chi connectivity index (χ4v) is 1.82. The molecule has 1 heterocycles. The maximum atomic E-state index is 13.7. The monoisotopic (exact) mass is 277 g/mol. The predicted octanol–water partition coefficient (Wildman–Crippen LogP) is 1.57. The van der Waals surface area contributed by atoms with Crippen molar-refractivity contribution in [3.05, 3.63) is 46.0 Å². The summed E-state index contributed by atoms with van der Waals surface area (Å²) >= 11 is 0. The number of rotatable bonds is 5. The van der Waals surface area contributed by atoms with Crippen LogP contribution in [0.25, 0.3) is 5.69 Å². The van der Waals surface area contributed by atoms with Gasteiger partial charge in [-0.3, -0.25) is 10.1 Å². The molecule has 1 aromatic carbocycles. The lowest BCUT2D eigenvalue weighted by Gasteiger charge is -2.01. The number of hydrogen-bond donors (Lipinski definition) is 1. The molecule has 0 amide bonds. The molecule has 1 saturated carbocycles. The van der Waals surface area contributed by atoms with Crippen LogP contribution in [0.4, 0.5) is 10.1 Å². The maximum absolute atomic E-state index is 13.7. The van der Waals surface area contributed by atoms with Crippen LogP contribution in [-0.2, 0) is 6.54 Å². The molecule has 0 bridgehead atoms. The Morgan fingerprint density at radius 1 is 1.50 bits per heavy atom. The molecule has 104 valence electrons. The number of hydrogen-bond acceptors (Lipinski definition) is 5. The molecule has 0 unspecified atom stereocenters. The molecule has 1 aromatic heterocycles. The Labute approximate surface area is 113 Å². The van der Waals surface area contributed by atoms with Gasteiger partial charge < -0.3 is 5.32 Å². The van der Waals surface area contributed by atoms with Crippen molar-refractivity contribution in [2.45, 2.75) is 25.4 Å². The second kappa shape index (κ2) is 4.97. The van der Waals surface area contributed by atoms with Gasteiger partial charge in [0.15, 0.2) is 0 Å². The smallest absolute Gasteiger partial charge is 0.271 e. The van der Waals surface area contributed by atoms with E-state index < -0.39 is 10.7 Å². The summed E-state index contributed by atoms with van der Waals surface area (Å²) in [5.41, 5.74) is 0.502. The van der Waals surface area contributed by atoms with Gasteiger partial charge in [-0.2, -0.15) is 0 Å². The van der Waals surface area contributed by atoms with Gasteiger partial charge >= 0.3 is 0 Å². The van der Waals surface area contributed by atoms with Gasteiger partial charge in [-0.1, -0.05) is 5.21 Å². The highest BCUT2D eigenvalue weighted by Crippen LogP contribution is 2.21. The van der Waals surface area contributed by atoms with Crippen LogP contribution in [0.2, 0.25) is 0 Å². The molecule has 7 nitrogen and oxygen atoms in total. The Balaban J connectivity index is 1.83. The Kier molecular flexibility index (Phi) is 3.15. The number of halogens is 1. The van der Waals surface area contributed by atoms with Gasteiger partial charge in [0.1, 0.15) is 11.5 Å². The first-order valence-electron chi connectivity index (χ1n) is 6.22. The third-order valence-corrected chi connectivity index (χ3v) is 3.08. The van der Waals surface area contributed by atoms with E-state index in [-0.39, 0.29) is 11.4 Å². The van der Waals surface area contributed by atoms with E-state index in [1.165, 1.54) is 4.68 Å². The molecule has 0 radical (unpaired) electrons. The minimum absolute atomic E-state index is 0.0179. The van der Waals surface area contributed by atoms with Gasteiger partial charge in [-0.25, -0.2) is 9.07 Å². The van der Waals surface area contributed by atoms with E-state index in [0.29, 0.717) is 18.3 Å². The second-order valence-corrected chi connectivity index (χ2v) is 4.70. The van der Waals surface area contributed by atoms with Crippen LogP contribution < -0.4 is 5.32 Å². The molecule has 8 heteroatoms. The van der Waals surface area contributed by atoms with Crippen molar-refractivity contribution in [1.82, 2.24) is 20.3 Å². The minimum Gasteiger partial charge on any atom is -0.308 e. The lowest BCUT2D eigenvalue weighted by Crippen LogP contribution is -2.15. The Bertz CT molecular complexity index is 653. The molecule has 1 aliphatic carbocycles. The second-order valence-electron chi connectivity index (χ2n) is 4.70. The molecule has 0 atom stereocenters. The molecule has 2 aromatic rings. The van der Waals surface area contributed by atoms with E-state index in [0.717, 1.165) is 31.0 Å². The number of nitrogens with one attached hydrogen (secondary N) is 1. The quantitative estimate of drug-likeness (QED) is 0.662. The zero-order valence-electron chi connectivity index (χ0n) is 10.5. The SMILES string of the molecule is O=[N+]([O-])c1ccc(F)c(-n2cc(CNC3CC3)nn2)c1. The van der Waals surface area contributed by atoms with Crippen molar-refractivity contribution in [3.63, 3.8) is 0 Å². The first kappa shape index (κ1) is 12.7. The molecular formula is C12H12FN5O2. The largest absolute Gasteiger partial charge is 0.308 e. The first-order chi connectivity index (χ1) is 9.63. The van der Waals surface area contributed by atoms with Crippen molar-refractivity contribution >= 4 is 5.69 Å². The number of aromatic nitrogens is 3. The molecule has 3 rings (SSSR count). The lowest BCUT2D eigenvalue weighted by atomic mass is 10.2. The molecule has 1 fully saturated rings. The average Bonchev–Trinajstić information content (AvgIpc) is 3.14. The zero-order valence-corrected chi connectivity index (χ0v) is 10.5. The average molecular weight is 277 g/mol. The fraction of sp³-hybridized carbons (Fsp3) is 0.333. The number of non-ortho nitro benzene ring substituents is 1. The number of nitro groups is 1. The molecular weight excluding hydrogens is 265 g/mol. The third-order valence-electron chi connectivity index (χ3n) is 3.08. The van der Waals surface area contributed by atoms with E-state index >= 15 is 0 Å². The minimum atomic E-state index is -0.581. The zero-order chi connectivity index (χ0) is 14.1. The Morgan fingerprint density at radius 3 is 3.00 bits per heavy atom. The van der Waals surface area contributed by atoms with E-state index in [2.05, 4.69) is 15.6 Å². The number of benzene rings is 1. The predicted molar refractivity (Wildman–Crippen MR) is 67.8 cm³/mol. The highest BCUT2D eigenvalue weighted by Gasteiger charge is 2.20. The molecule has 1 aliphatic rings. The lowest BCUT2D eigenvalue weighted by molar-refractivity contribution is -0.384. The van der Waals surface area contributed by atoms with Crippen molar-refractivity contribution in [3.8, 4) is 5.69 Å². The molecule has 0 saturated heterocycles. The van der Waals surface area contributed by atoms with E-state index in [4.69, 9.17) is 0 Å². The summed E-state index contributed by atoms with van der Waals surface area (Å²) in [4.78, 5) is 10.1. The number of nitro benzene ring substituents is 1. The Morgan fingerprint density at radius 2 is 2.30 bits per heavy atom. The maximum Gasteiger partial charge on any atom is 0.271 e. The summed E-state index contributed by atoms with van der Waals surface area (Å²) in [5.74, 6) is -0.581. The van der Waals surface area contributed by atoms with Crippen LogP contribution in [0.3, 0.4) is 0 Å². The third kappa shape index (κ3) is 2.64. The van der Waals surface area contributed by atoms with Gasteiger partial charge in [0.05, 0.1) is 16.8 Å². The standard InChI is InChI=1S/C12H12FN5O2/c13-11-4-3-10(18(19)20)5-12(11)17-7-9(15-16-17)6-14-8-1-2-8/h3-5,7-8,14H,1-2,6H2. The first-order valence-corrected chi connectivity index (χ1v) is 6.22. The number of nitrogens with zero attached hydrogens (tertiary/aromatic N) is 4. The summed E-state index contributed by atoms with van der Waals surface area (Å²) < 4.78 is 14.9. The molecule has 20 heavy (non-hydrogen) atoms. The summed E-state index contributed by atoms with van der Waals surface area (Å²) in [6.45, 7) is 0.557. The van der Waals surface area contributed by atoms with Crippen molar-refractivity contribution in [1.29, 1.82) is 0 Å². The van der Waals surface area contributed by atoms with Gasteiger partial charge in [0.2, 0.25) is 0 Å². The van der Waals surface area contributed by atoms with Gasteiger partial charge in [0, 0.05) is 24.7 Å². The van der Waals surface area contributed by atoms with Crippen LogP contribution in [0, 0.1) is 15.9 Å². The normalized spacial score (nSPS) is 14.4. The van der Waals surface area contributed by atoms with E-state index in [9.17, 15) is 14.5 Å². The van der Waals surface area contributed by atoms with Crippen LogP contribution >= 0.6 is 0 Å². The van der Waals surface area contributed by atoms with Crippen molar-refractivity contribution < 1.29 is 9.31 Å². The molecule has 1 N–H and O–H groups in total.